The minimum atomic E-state index is -2.91. The summed E-state index contributed by atoms with van der Waals surface area (Å²) < 4.78 is 44.9. The Bertz CT molecular complexity index is 2790. The number of carbonyl (C=O) groups excluding carboxylic acids is 4. The molecule has 5 fully saturated rings. The summed E-state index contributed by atoms with van der Waals surface area (Å²) in [7, 11) is 3.58. The van der Waals surface area contributed by atoms with Gasteiger partial charge in [0.15, 0.2) is 11.4 Å². The van der Waals surface area contributed by atoms with Gasteiger partial charge in [-0.3, -0.25) is 53.1 Å². The second-order valence-electron chi connectivity index (χ2n) is 19.9. The number of imidazole rings is 1. The fourth-order valence-electron chi connectivity index (χ4n) is 10.6. The molecular formula is C50H61F2N11O7. The smallest absolute Gasteiger partial charge is 0.329 e. The molecule has 5 aromatic rings. The second-order valence-corrected chi connectivity index (χ2v) is 19.9. The van der Waals surface area contributed by atoms with Crippen molar-refractivity contribution in [3.05, 3.63) is 82.1 Å². The summed E-state index contributed by atoms with van der Waals surface area (Å²) in [4.78, 5) is 79.7. The van der Waals surface area contributed by atoms with Crippen molar-refractivity contribution in [1.29, 1.82) is 0 Å². The van der Waals surface area contributed by atoms with Gasteiger partial charge in [-0.15, -0.1) is 0 Å². The van der Waals surface area contributed by atoms with Crippen molar-refractivity contribution in [2.75, 3.05) is 51.7 Å². The van der Waals surface area contributed by atoms with Crippen LogP contribution in [0.15, 0.2) is 58.2 Å². The zero-order chi connectivity index (χ0) is 48.6. The Labute approximate surface area is 403 Å². The van der Waals surface area contributed by atoms with Crippen molar-refractivity contribution in [2.24, 2.45) is 18.9 Å². The lowest BCUT2D eigenvalue weighted by atomic mass is 9.83. The minimum Gasteiger partial charge on any atom is -0.444 e. The molecule has 1 aromatic carbocycles. The number of nitrogens with zero attached hydrogens (tertiary/aromatic N) is 9. The van der Waals surface area contributed by atoms with E-state index in [4.69, 9.17) is 9.15 Å². The molecule has 2 N–H and O–H groups in total. The summed E-state index contributed by atoms with van der Waals surface area (Å²) in [6.07, 6.45) is 10.5. The number of alkyl halides is 2. The molecule has 2 saturated heterocycles. The second kappa shape index (κ2) is 20.3. The molecule has 1 atom stereocenters. The van der Waals surface area contributed by atoms with Gasteiger partial charge in [-0.2, -0.15) is 5.10 Å². The molecular weight excluding hydrogens is 905 g/mol. The zero-order valence-corrected chi connectivity index (χ0v) is 39.7. The summed E-state index contributed by atoms with van der Waals surface area (Å²) >= 11 is 0. The predicted octanol–water partition coefficient (Wildman–Crippen LogP) is 5.65. The summed E-state index contributed by atoms with van der Waals surface area (Å²) in [6.45, 7) is 5.80. The Morgan fingerprint density at radius 1 is 0.971 bits per heavy atom. The fraction of sp³-hybridized carbons (Fsp3) is 0.560. The standard InChI is InChI=1S/C50H61F2N11O7/c1-58(36-25-37(26-36)69-22-21-60-17-19-61(20-18-60)27-31-6-12-40-42(23-31)59(2)50(68)63(40)41-13-14-43(64)56-47(41)66)49(67)32-7-10-35(11-8-32)62-28-38(44(57-62)45(51)52)54-46(65)39-29-70-48(55-39)33-15-16-53-34(24-33)9-5-30-3-4-30/h6,12,15-16,23-24,28-30,32,35-37,41,45H,3-5,7-11,13-14,17-22,25-27H2,1-2H3,(H,54,65)(H,56,64,66). The van der Waals surface area contributed by atoms with Crippen LogP contribution >= 0.6 is 0 Å². The number of fused-ring (bicyclic) bond motifs is 1. The molecule has 1 unspecified atom stereocenters. The zero-order valence-electron chi connectivity index (χ0n) is 39.7. The molecule has 4 amide bonds. The van der Waals surface area contributed by atoms with Crippen LogP contribution in [-0.2, 0) is 39.1 Å². The molecule has 70 heavy (non-hydrogen) atoms. The third-order valence-corrected chi connectivity index (χ3v) is 15.2. The van der Waals surface area contributed by atoms with Crippen molar-refractivity contribution in [2.45, 2.75) is 114 Å². The molecule has 4 aromatic heterocycles. The van der Waals surface area contributed by atoms with Crippen molar-refractivity contribution in [1.82, 2.24) is 48.9 Å². The number of pyridine rings is 1. The Morgan fingerprint density at radius 2 is 1.74 bits per heavy atom. The third kappa shape index (κ3) is 10.3. The molecule has 372 valence electrons. The van der Waals surface area contributed by atoms with Crippen LogP contribution in [0.3, 0.4) is 0 Å². The van der Waals surface area contributed by atoms with E-state index in [2.05, 4.69) is 35.5 Å². The molecule has 0 spiro atoms. The van der Waals surface area contributed by atoms with Gasteiger partial charge in [0, 0.05) is 95.4 Å². The Kier molecular flexibility index (Phi) is 13.8. The number of anilines is 1. The number of piperazine rings is 1. The number of hydrogen-bond donors (Lipinski definition) is 2. The lowest BCUT2D eigenvalue weighted by molar-refractivity contribution is -0.143. The summed E-state index contributed by atoms with van der Waals surface area (Å²) in [5.41, 5.74) is 3.22. The number of benzene rings is 1. The Morgan fingerprint density at radius 3 is 2.49 bits per heavy atom. The molecule has 0 radical (unpaired) electrons. The van der Waals surface area contributed by atoms with Gasteiger partial charge >= 0.3 is 5.69 Å². The molecule has 6 heterocycles. The van der Waals surface area contributed by atoms with E-state index in [9.17, 15) is 32.8 Å². The molecule has 5 aliphatic rings. The molecule has 18 nitrogen and oxygen atoms in total. The van der Waals surface area contributed by atoms with Crippen LogP contribution in [0.5, 0.6) is 0 Å². The molecule has 2 aliphatic heterocycles. The van der Waals surface area contributed by atoms with Gasteiger partial charge in [0.2, 0.25) is 23.6 Å². The maximum atomic E-state index is 14.2. The van der Waals surface area contributed by atoms with E-state index >= 15 is 0 Å². The molecule has 20 heteroatoms. The van der Waals surface area contributed by atoms with Crippen molar-refractivity contribution >= 4 is 40.3 Å². The lowest BCUT2D eigenvalue weighted by Crippen LogP contribution is -2.51. The van der Waals surface area contributed by atoms with Crippen LogP contribution in [0.1, 0.15) is 117 Å². The van der Waals surface area contributed by atoms with Gasteiger partial charge < -0.3 is 19.4 Å². The molecule has 3 aliphatic carbocycles. The van der Waals surface area contributed by atoms with Crippen LogP contribution in [0.4, 0.5) is 14.5 Å². The monoisotopic (exact) mass is 965 g/mol. The largest absolute Gasteiger partial charge is 0.444 e. The van der Waals surface area contributed by atoms with Gasteiger partial charge in [0.05, 0.1) is 35.5 Å². The lowest BCUT2D eigenvalue weighted by Gasteiger charge is -2.43. The fourth-order valence-corrected chi connectivity index (χ4v) is 10.6. The third-order valence-electron chi connectivity index (χ3n) is 15.2. The van der Waals surface area contributed by atoms with Crippen molar-refractivity contribution in [3.63, 3.8) is 0 Å². The number of piperidine rings is 1. The highest BCUT2D eigenvalue weighted by atomic mass is 19.3. The van der Waals surface area contributed by atoms with Crippen molar-refractivity contribution < 1.29 is 37.1 Å². The number of oxazole rings is 1. The number of aromatic nitrogens is 6. The van der Waals surface area contributed by atoms with Crippen LogP contribution in [0.25, 0.3) is 22.5 Å². The number of carbonyl (C=O) groups is 4. The number of ether oxygens (including phenoxy) is 1. The summed E-state index contributed by atoms with van der Waals surface area (Å²) in [5.74, 6) is -0.483. The summed E-state index contributed by atoms with van der Waals surface area (Å²) in [5, 5.41) is 9.14. The Balaban J connectivity index is 0.632. The minimum absolute atomic E-state index is 0.0397. The first-order valence-corrected chi connectivity index (χ1v) is 24.8. The molecule has 3 saturated carbocycles. The number of hydrogen-bond acceptors (Lipinski definition) is 12. The van der Waals surface area contributed by atoms with E-state index < -0.39 is 30.0 Å². The molecule has 10 rings (SSSR count). The number of nitrogens with one attached hydrogen (secondary N) is 2. The van der Waals surface area contributed by atoms with E-state index in [1.54, 1.807) is 23.9 Å². The SMILES string of the molecule is CN(C(=O)C1CCC(n2cc(NC(=O)c3coc(-c4ccnc(CCC5CC5)c4)n3)c(C(F)F)n2)CC1)C1CC(OCCN2CCN(Cc3ccc4c(c3)n(C)c(=O)n4C3CCC(=O)NC3=O)CC2)C1. The maximum absolute atomic E-state index is 14.2. The highest BCUT2D eigenvalue weighted by molar-refractivity contribution is 6.03. The van der Waals surface area contributed by atoms with Crippen LogP contribution in [0, 0.1) is 11.8 Å². The number of rotatable bonds is 17. The normalized spacial score (nSPS) is 23.4. The van der Waals surface area contributed by atoms with Crippen LogP contribution in [-0.4, -0.2) is 126 Å². The van der Waals surface area contributed by atoms with E-state index in [1.165, 1.54) is 34.6 Å². The van der Waals surface area contributed by atoms with Crippen molar-refractivity contribution in [3.8, 4) is 11.5 Å². The first-order chi connectivity index (χ1) is 33.8. The van der Waals surface area contributed by atoms with E-state index in [0.29, 0.717) is 49.8 Å². The molecule has 0 bridgehead atoms. The topological polar surface area (TPSA) is 195 Å². The number of halogens is 2. The van der Waals surface area contributed by atoms with Gasteiger partial charge in [-0.1, -0.05) is 18.9 Å². The first kappa shape index (κ1) is 47.6. The number of aryl methyl sites for hydroxylation is 2. The van der Waals surface area contributed by atoms with Gasteiger partial charge in [0.1, 0.15) is 12.3 Å². The summed E-state index contributed by atoms with van der Waals surface area (Å²) in [6, 6.07) is 8.80. The highest BCUT2D eigenvalue weighted by Gasteiger charge is 2.39. The highest BCUT2D eigenvalue weighted by Crippen LogP contribution is 2.38. The Hall–Kier alpha value is -6.12. The van der Waals surface area contributed by atoms with Gasteiger partial charge in [-0.05, 0) is 93.5 Å². The average molecular weight is 966 g/mol. The maximum Gasteiger partial charge on any atom is 0.329 e. The quantitative estimate of drug-likeness (QED) is 0.109. The predicted molar refractivity (Wildman–Crippen MR) is 253 cm³/mol. The van der Waals surface area contributed by atoms with Gasteiger partial charge in [0.25, 0.3) is 12.3 Å². The van der Waals surface area contributed by atoms with Gasteiger partial charge in [-0.25, -0.2) is 18.6 Å². The van der Waals surface area contributed by atoms with E-state index in [1.807, 2.05) is 36.2 Å². The number of imide groups is 1. The van der Waals surface area contributed by atoms with Crippen LogP contribution < -0.4 is 16.3 Å². The van der Waals surface area contributed by atoms with E-state index in [-0.39, 0.29) is 65.3 Å². The van der Waals surface area contributed by atoms with E-state index in [0.717, 1.165) is 87.6 Å². The van der Waals surface area contributed by atoms with Crippen LogP contribution in [0.2, 0.25) is 0 Å². The number of amides is 4. The first-order valence-electron chi connectivity index (χ1n) is 24.8. The average Bonchev–Trinajstić information content (AvgIpc) is 3.76.